The lowest BCUT2D eigenvalue weighted by atomic mass is 10.2. The summed E-state index contributed by atoms with van der Waals surface area (Å²) in [5.41, 5.74) is 2.57. The SMILES string of the molecule is Cc1ncsc1C(=O)N1CCC[C@@H]1c1nnc2n1CCCCC2. The fraction of sp³-hybridized carbons (Fsp3) is 0.625. The number of hydrogen-bond acceptors (Lipinski definition) is 5. The summed E-state index contributed by atoms with van der Waals surface area (Å²) in [4.78, 5) is 19.9. The molecule has 0 saturated carbocycles. The first kappa shape index (κ1) is 14.8. The Kier molecular flexibility index (Phi) is 3.88. The van der Waals surface area contributed by atoms with Crippen LogP contribution >= 0.6 is 11.3 Å². The van der Waals surface area contributed by atoms with Crippen molar-refractivity contribution in [1.29, 1.82) is 0 Å². The number of thiazole rings is 1. The number of carbonyl (C=O) groups excluding carboxylic acids is 1. The highest BCUT2D eigenvalue weighted by Crippen LogP contribution is 2.34. The van der Waals surface area contributed by atoms with Crippen LogP contribution in [0.25, 0.3) is 0 Å². The van der Waals surface area contributed by atoms with Crippen LogP contribution in [0.5, 0.6) is 0 Å². The molecule has 1 fully saturated rings. The highest BCUT2D eigenvalue weighted by Gasteiger charge is 2.35. The molecule has 0 unspecified atom stereocenters. The van der Waals surface area contributed by atoms with Crippen LogP contribution in [0.4, 0.5) is 0 Å². The van der Waals surface area contributed by atoms with E-state index in [1.807, 2.05) is 11.8 Å². The molecule has 4 rings (SSSR count). The van der Waals surface area contributed by atoms with Gasteiger partial charge in [-0.15, -0.1) is 21.5 Å². The number of amides is 1. The predicted molar refractivity (Wildman–Crippen MR) is 87.4 cm³/mol. The van der Waals surface area contributed by atoms with Gasteiger partial charge in [0.15, 0.2) is 5.82 Å². The average Bonchev–Trinajstić information content (AvgIpc) is 3.23. The van der Waals surface area contributed by atoms with Crippen LogP contribution < -0.4 is 0 Å². The van der Waals surface area contributed by atoms with Gasteiger partial charge in [0.1, 0.15) is 10.7 Å². The highest BCUT2D eigenvalue weighted by molar-refractivity contribution is 7.11. The maximum atomic E-state index is 12.9. The molecule has 1 amide bonds. The molecular weight excluding hydrogens is 310 g/mol. The third-order valence-electron chi connectivity index (χ3n) is 4.89. The van der Waals surface area contributed by atoms with E-state index in [4.69, 9.17) is 0 Å². The smallest absolute Gasteiger partial charge is 0.266 e. The molecule has 0 N–H and O–H groups in total. The monoisotopic (exact) mass is 331 g/mol. The topological polar surface area (TPSA) is 63.9 Å². The molecule has 2 aliphatic heterocycles. The first-order chi connectivity index (χ1) is 11.3. The van der Waals surface area contributed by atoms with E-state index in [9.17, 15) is 4.79 Å². The van der Waals surface area contributed by atoms with E-state index in [0.717, 1.165) is 54.6 Å². The summed E-state index contributed by atoms with van der Waals surface area (Å²) in [6.45, 7) is 3.68. The molecule has 0 bridgehead atoms. The van der Waals surface area contributed by atoms with E-state index in [1.165, 1.54) is 30.6 Å². The van der Waals surface area contributed by atoms with Crippen molar-refractivity contribution in [3.8, 4) is 0 Å². The molecule has 0 spiro atoms. The second-order valence-electron chi connectivity index (χ2n) is 6.36. The molecule has 4 heterocycles. The number of aromatic nitrogens is 4. The summed E-state index contributed by atoms with van der Waals surface area (Å²) in [6.07, 6.45) is 6.61. The van der Waals surface area contributed by atoms with E-state index < -0.39 is 0 Å². The number of nitrogens with zero attached hydrogens (tertiary/aromatic N) is 5. The molecule has 0 radical (unpaired) electrons. The molecule has 1 atom stereocenters. The Balaban J connectivity index is 1.65. The molecule has 7 heteroatoms. The Morgan fingerprint density at radius 3 is 2.96 bits per heavy atom. The standard InChI is InChI=1S/C16H21N5OS/c1-11-14(23-10-17-11)16(22)20-9-5-6-12(20)15-19-18-13-7-3-2-4-8-21(13)15/h10,12H,2-9H2,1H3/t12-/m1/s1. The number of fused-ring (bicyclic) bond motifs is 1. The molecule has 2 aromatic rings. The zero-order valence-corrected chi connectivity index (χ0v) is 14.2. The van der Waals surface area contributed by atoms with Crippen molar-refractivity contribution in [3.05, 3.63) is 27.7 Å². The van der Waals surface area contributed by atoms with Crippen LogP contribution in [0.2, 0.25) is 0 Å². The van der Waals surface area contributed by atoms with Gasteiger partial charge in [-0.05, 0) is 32.6 Å². The Morgan fingerprint density at radius 2 is 2.13 bits per heavy atom. The predicted octanol–water partition coefficient (Wildman–Crippen LogP) is 2.75. The molecule has 122 valence electrons. The van der Waals surface area contributed by atoms with Crippen LogP contribution in [0.15, 0.2) is 5.51 Å². The van der Waals surface area contributed by atoms with Crippen molar-refractivity contribution in [2.45, 2.75) is 58.0 Å². The summed E-state index contributed by atoms with van der Waals surface area (Å²) < 4.78 is 2.27. The molecule has 1 saturated heterocycles. The number of carbonyl (C=O) groups is 1. The van der Waals surface area contributed by atoms with E-state index in [2.05, 4.69) is 19.7 Å². The van der Waals surface area contributed by atoms with Crippen molar-refractivity contribution >= 4 is 17.2 Å². The summed E-state index contributed by atoms with van der Waals surface area (Å²) in [5.74, 6) is 2.17. The van der Waals surface area contributed by atoms with E-state index in [0.29, 0.717) is 0 Å². The zero-order valence-electron chi connectivity index (χ0n) is 13.4. The number of aryl methyl sites for hydroxylation is 2. The zero-order chi connectivity index (χ0) is 15.8. The minimum Gasteiger partial charge on any atom is -0.328 e. The average molecular weight is 331 g/mol. The highest BCUT2D eigenvalue weighted by atomic mass is 32.1. The van der Waals surface area contributed by atoms with E-state index in [-0.39, 0.29) is 11.9 Å². The van der Waals surface area contributed by atoms with Gasteiger partial charge in [0.25, 0.3) is 5.91 Å². The summed E-state index contributed by atoms with van der Waals surface area (Å²) >= 11 is 1.43. The lowest BCUT2D eigenvalue weighted by Gasteiger charge is -2.24. The maximum Gasteiger partial charge on any atom is 0.266 e. The summed E-state index contributed by atoms with van der Waals surface area (Å²) in [5, 5.41) is 8.87. The van der Waals surface area contributed by atoms with Crippen molar-refractivity contribution in [2.24, 2.45) is 0 Å². The Hall–Kier alpha value is -1.76. The first-order valence-corrected chi connectivity index (χ1v) is 9.26. The second kappa shape index (κ2) is 6.03. The van der Waals surface area contributed by atoms with E-state index >= 15 is 0 Å². The normalized spacial score (nSPS) is 21.3. The van der Waals surface area contributed by atoms with Gasteiger partial charge in [0.05, 0.1) is 17.2 Å². The molecule has 0 aliphatic carbocycles. The molecule has 2 aromatic heterocycles. The fourth-order valence-corrected chi connectivity index (χ4v) is 4.43. The Bertz CT molecular complexity index is 722. The molecule has 2 aliphatic rings. The minimum absolute atomic E-state index is 0.0587. The lowest BCUT2D eigenvalue weighted by molar-refractivity contribution is 0.0731. The van der Waals surface area contributed by atoms with Gasteiger partial charge < -0.3 is 9.47 Å². The Labute approximate surface area is 139 Å². The summed E-state index contributed by atoms with van der Waals surface area (Å²) in [6, 6.07) is 0.0587. The number of rotatable bonds is 2. The fourth-order valence-electron chi connectivity index (χ4n) is 3.67. The van der Waals surface area contributed by atoms with Gasteiger partial charge in [0.2, 0.25) is 0 Å². The largest absolute Gasteiger partial charge is 0.328 e. The Morgan fingerprint density at radius 1 is 1.22 bits per heavy atom. The second-order valence-corrected chi connectivity index (χ2v) is 7.21. The van der Waals surface area contributed by atoms with Crippen molar-refractivity contribution in [1.82, 2.24) is 24.6 Å². The molecule has 6 nitrogen and oxygen atoms in total. The van der Waals surface area contributed by atoms with Gasteiger partial charge >= 0.3 is 0 Å². The van der Waals surface area contributed by atoms with Crippen molar-refractivity contribution in [3.63, 3.8) is 0 Å². The van der Waals surface area contributed by atoms with Gasteiger partial charge in [-0.25, -0.2) is 4.98 Å². The minimum atomic E-state index is 0.0587. The third kappa shape index (κ3) is 2.56. The van der Waals surface area contributed by atoms with Crippen LogP contribution in [0.1, 0.15) is 65.2 Å². The van der Waals surface area contributed by atoms with E-state index in [1.54, 1.807) is 5.51 Å². The molecular formula is C16H21N5OS. The van der Waals surface area contributed by atoms with Crippen LogP contribution in [-0.4, -0.2) is 37.1 Å². The van der Waals surface area contributed by atoms with Gasteiger partial charge in [-0.3, -0.25) is 4.79 Å². The lowest BCUT2D eigenvalue weighted by Crippen LogP contribution is -2.32. The van der Waals surface area contributed by atoms with Crippen LogP contribution in [0, 0.1) is 6.92 Å². The molecule has 0 aromatic carbocycles. The number of likely N-dealkylation sites (tertiary alicyclic amines) is 1. The van der Waals surface area contributed by atoms with Gasteiger partial charge in [-0.2, -0.15) is 0 Å². The number of hydrogen-bond donors (Lipinski definition) is 0. The van der Waals surface area contributed by atoms with Crippen molar-refractivity contribution in [2.75, 3.05) is 6.54 Å². The quantitative estimate of drug-likeness (QED) is 0.849. The molecule has 23 heavy (non-hydrogen) atoms. The van der Waals surface area contributed by atoms with Gasteiger partial charge in [-0.1, -0.05) is 6.42 Å². The summed E-state index contributed by atoms with van der Waals surface area (Å²) in [7, 11) is 0. The maximum absolute atomic E-state index is 12.9. The van der Waals surface area contributed by atoms with Crippen LogP contribution in [-0.2, 0) is 13.0 Å². The van der Waals surface area contributed by atoms with Crippen molar-refractivity contribution < 1.29 is 4.79 Å². The third-order valence-corrected chi connectivity index (χ3v) is 5.81. The van der Waals surface area contributed by atoms with Gasteiger partial charge in [0, 0.05) is 19.5 Å². The first-order valence-electron chi connectivity index (χ1n) is 8.38. The van der Waals surface area contributed by atoms with Crippen LogP contribution in [0.3, 0.4) is 0 Å².